The maximum atomic E-state index is 6.88. The van der Waals surface area contributed by atoms with Crippen molar-refractivity contribution in [1.29, 1.82) is 0 Å². The van der Waals surface area contributed by atoms with E-state index in [1.54, 1.807) is 0 Å². The molecular formula is C59H36N4O. The molecule has 64 heavy (non-hydrogen) atoms. The van der Waals surface area contributed by atoms with Gasteiger partial charge < -0.3 is 4.74 Å². The lowest BCUT2D eigenvalue weighted by Crippen LogP contribution is -2.32. The third-order valence-corrected chi connectivity index (χ3v) is 12.9. The zero-order valence-corrected chi connectivity index (χ0v) is 34.5. The second-order valence-electron chi connectivity index (χ2n) is 16.5. The Kier molecular flexibility index (Phi) is 8.06. The summed E-state index contributed by atoms with van der Waals surface area (Å²) in [7, 11) is 0. The highest BCUT2D eigenvalue weighted by molar-refractivity contribution is 6.05. The zero-order valence-electron chi connectivity index (χ0n) is 34.5. The van der Waals surface area contributed by atoms with Gasteiger partial charge in [0.05, 0.1) is 16.6 Å². The summed E-state index contributed by atoms with van der Waals surface area (Å²) in [4.78, 5) is 20.3. The Hall–Kier alpha value is -8.54. The molecule has 0 radical (unpaired) electrons. The lowest BCUT2D eigenvalue weighted by molar-refractivity contribution is 0.437. The van der Waals surface area contributed by atoms with E-state index in [0.717, 1.165) is 83.4 Å². The SMILES string of the molecule is c1ccc(-c2nc(-c3ccccc3)nc(-c3ccc4cc(-c5ccc6c(c5)C5(c7ccccc7O6)c6ccccc6-c6c(-c7ccccc7)nc7ccccc7c65)ccc4c3)n2)cc1. The van der Waals surface area contributed by atoms with E-state index in [0.29, 0.717) is 17.5 Å². The molecule has 2 aliphatic rings. The zero-order chi connectivity index (χ0) is 42.2. The number of rotatable bonds is 5. The number of benzene rings is 9. The van der Waals surface area contributed by atoms with Crippen LogP contribution >= 0.6 is 0 Å². The first-order valence-corrected chi connectivity index (χ1v) is 21.6. The van der Waals surface area contributed by atoms with Crippen molar-refractivity contribution in [2.24, 2.45) is 0 Å². The average Bonchev–Trinajstić information content (AvgIpc) is 3.68. The van der Waals surface area contributed by atoms with Crippen molar-refractivity contribution in [3.05, 3.63) is 241 Å². The molecule has 0 saturated heterocycles. The number of hydrogen-bond donors (Lipinski definition) is 0. The molecule has 0 fully saturated rings. The molecule has 13 rings (SSSR count). The van der Waals surface area contributed by atoms with Crippen molar-refractivity contribution in [1.82, 2.24) is 19.9 Å². The normalized spacial score (nSPS) is 14.4. The van der Waals surface area contributed by atoms with Gasteiger partial charge in [0.2, 0.25) is 0 Å². The van der Waals surface area contributed by atoms with Crippen molar-refractivity contribution in [3.8, 4) is 79.2 Å². The van der Waals surface area contributed by atoms with Gasteiger partial charge in [-0.05, 0) is 75.0 Å². The van der Waals surface area contributed by atoms with E-state index in [1.807, 2.05) is 60.7 Å². The average molecular weight is 817 g/mol. The Labute approximate surface area is 370 Å². The number of para-hydroxylation sites is 2. The van der Waals surface area contributed by atoms with E-state index in [2.05, 4.69) is 158 Å². The topological polar surface area (TPSA) is 60.8 Å². The van der Waals surface area contributed by atoms with Crippen molar-refractivity contribution in [2.45, 2.75) is 5.41 Å². The van der Waals surface area contributed by atoms with E-state index in [9.17, 15) is 0 Å². The van der Waals surface area contributed by atoms with Crippen molar-refractivity contribution in [3.63, 3.8) is 0 Å². The Bertz CT molecular complexity index is 3590. The predicted octanol–water partition coefficient (Wildman–Crippen LogP) is 14.4. The lowest BCUT2D eigenvalue weighted by atomic mass is 9.65. The van der Waals surface area contributed by atoms with Crippen molar-refractivity contribution in [2.75, 3.05) is 0 Å². The number of fused-ring (bicyclic) bond motifs is 12. The fourth-order valence-corrected chi connectivity index (χ4v) is 10.1. The quantitative estimate of drug-likeness (QED) is 0.173. The van der Waals surface area contributed by atoms with Crippen LogP contribution in [-0.2, 0) is 5.41 Å². The molecule has 0 bridgehead atoms. The minimum Gasteiger partial charge on any atom is -0.457 e. The predicted molar refractivity (Wildman–Crippen MR) is 257 cm³/mol. The van der Waals surface area contributed by atoms with Gasteiger partial charge in [0.15, 0.2) is 17.5 Å². The van der Waals surface area contributed by atoms with E-state index >= 15 is 0 Å². The summed E-state index contributed by atoms with van der Waals surface area (Å²) in [5, 5.41) is 3.35. The summed E-state index contributed by atoms with van der Waals surface area (Å²) in [6, 6.07) is 76.8. The number of pyridine rings is 1. The van der Waals surface area contributed by atoms with Gasteiger partial charge in [-0.25, -0.2) is 19.9 Å². The van der Waals surface area contributed by atoms with Crippen LogP contribution in [0.5, 0.6) is 11.5 Å². The fraction of sp³-hybridized carbons (Fsp3) is 0.0169. The molecule has 1 unspecified atom stereocenters. The molecular weight excluding hydrogens is 781 g/mol. The van der Waals surface area contributed by atoms with Crippen LogP contribution in [0.1, 0.15) is 22.3 Å². The van der Waals surface area contributed by atoms with Crippen LogP contribution in [0.25, 0.3) is 89.4 Å². The summed E-state index contributed by atoms with van der Waals surface area (Å²) in [5.41, 5.74) is 14.5. The van der Waals surface area contributed by atoms with Gasteiger partial charge in [0.25, 0.3) is 0 Å². The third kappa shape index (κ3) is 5.51. The molecule has 1 aliphatic carbocycles. The molecule has 5 heteroatoms. The Balaban J connectivity index is 0.986. The molecule has 1 aliphatic heterocycles. The minimum atomic E-state index is -0.689. The Morgan fingerprint density at radius 1 is 0.344 bits per heavy atom. The largest absolute Gasteiger partial charge is 0.457 e. The van der Waals surface area contributed by atoms with E-state index in [-0.39, 0.29) is 0 Å². The first kappa shape index (κ1) is 36.1. The third-order valence-electron chi connectivity index (χ3n) is 12.9. The highest BCUT2D eigenvalue weighted by atomic mass is 16.5. The van der Waals surface area contributed by atoms with Crippen molar-refractivity contribution >= 4 is 21.7 Å². The first-order valence-electron chi connectivity index (χ1n) is 21.6. The van der Waals surface area contributed by atoms with E-state index in [4.69, 9.17) is 24.7 Å². The maximum absolute atomic E-state index is 6.88. The second-order valence-corrected chi connectivity index (χ2v) is 16.5. The van der Waals surface area contributed by atoms with Crippen LogP contribution < -0.4 is 4.74 Å². The van der Waals surface area contributed by atoms with Gasteiger partial charge in [-0.1, -0.05) is 182 Å². The van der Waals surface area contributed by atoms with Gasteiger partial charge in [0, 0.05) is 44.3 Å². The summed E-state index contributed by atoms with van der Waals surface area (Å²) in [6.07, 6.45) is 0. The highest BCUT2D eigenvalue weighted by Crippen LogP contribution is 2.64. The molecule has 2 aromatic heterocycles. The molecule has 9 aromatic carbocycles. The number of hydrogen-bond acceptors (Lipinski definition) is 5. The first-order chi connectivity index (χ1) is 31.7. The molecule has 5 nitrogen and oxygen atoms in total. The molecule has 1 atom stereocenters. The summed E-state index contributed by atoms with van der Waals surface area (Å²) >= 11 is 0. The van der Waals surface area contributed by atoms with Crippen molar-refractivity contribution < 1.29 is 4.74 Å². The van der Waals surface area contributed by atoms with E-state index < -0.39 is 5.41 Å². The molecule has 0 saturated carbocycles. The fourth-order valence-electron chi connectivity index (χ4n) is 10.1. The van der Waals surface area contributed by atoms with Crippen LogP contribution in [-0.4, -0.2) is 19.9 Å². The summed E-state index contributed by atoms with van der Waals surface area (Å²) in [5.74, 6) is 3.63. The van der Waals surface area contributed by atoms with Gasteiger partial charge in [-0.15, -0.1) is 0 Å². The lowest BCUT2D eigenvalue weighted by Gasteiger charge is -2.40. The van der Waals surface area contributed by atoms with Gasteiger partial charge in [-0.2, -0.15) is 0 Å². The van der Waals surface area contributed by atoms with E-state index in [1.165, 1.54) is 22.3 Å². The van der Waals surface area contributed by atoms with Crippen LogP contribution in [0.3, 0.4) is 0 Å². The van der Waals surface area contributed by atoms with Crippen LogP contribution in [0.15, 0.2) is 218 Å². The van der Waals surface area contributed by atoms with Crippen LogP contribution in [0, 0.1) is 0 Å². The van der Waals surface area contributed by atoms with Gasteiger partial charge >= 0.3 is 0 Å². The minimum absolute atomic E-state index is 0.634. The summed E-state index contributed by atoms with van der Waals surface area (Å²) in [6.45, 7) is 0. The Morgan fingerprint density at radius 3 is 1.58 bits per heavy atom. The van der Waals surface area contributed by atoms with Crippen LogP contribution in [0.2, 0.25) is 0 Å². The van der Waals surface area contributed by atoms with Gasteiger partial charge in [0.1, 0.15) is 11.5 Å². The number of nitrogens with zero attached hydrogens (tertiary/aromatic N) is 4. The standard InChI is InChI=1S/C59H36N4O/c1-4-16-37(17-5-1)55-53-45-22-10-12-24-47(45)59(54(53)46-23-11-14-26-50(46)60-55)48-25-13-15-27-51(48)64-52-33-32-43(36-49(52)59)41-28-29-42-35-44(31-30-40(42)34-41)58-62-56(38-18-6-2-7-19-38)61-57(63-58)39-20-8-3-9-21-39/h1-36H. The second kappa shape index (κ2) is 14.3. The van der Waals surface area contributed by atoms with Gasteiger partial charge in [-0.3, -0.25) is 0 Å². The summed E-state index contributed by atoms with van der Waals surface area (Å²) < 4.78 is 6.88. The molecule has 0 N–H and O–H groups in total. The number of aromatic nitrogens is 4. The molecule has 3 heterocycles. The smallest absolute Gasteiger partial charge is 0.164 e. The number of ether oxygens (including phenoxy) is 1. The Morgan fingerprint density at radius 2 is 0.859 bits per heavy atom. The monoisotopic (exact) mass is 816 g/mol. The maximum Gasteiger partial charge on any atom is 0.164 e. The molecule has 1 spiro atoms. The molecule has 298 valence electrons. The van der Waals surface area contributed by atoms with Crippen LogP contribution in [0.4, 0.5) is 0 Å². The molecule has 11 aromatic rings. The molecule has 0 amide bonds. The highest BCUT2D eigenvalue weighted by Gasteiger charge is 2.53.